The molecule has 118 valence electrons. The van der Waals surface area contributed by atoms with Crippen LogP contribution in [0.5, 0.6) is 0 Å². The first-order chi connectivity index (χ1) is 10.1. The van der Waals surface area contributed by atoms with Gasteiger partial charge in [-0.3, -0.25) is 0 Å². The Bertz CT molecular complexity index is 509. The van der Waals surface area contributed by atoms with E-state index in [1.165, 1.54) is 18.4 Å². The van der Waals surface area contributed by atoms with Crippen LogP contribution in [-0.4, -0.2) is 32.5 Å². The van der Waals surface area contributed by atoms with Crippen LogP contribution in [0.1, 0.15) is 38.2 Å². The maximum absolute atomic E-state index is 11.9. The second-order valence-corrected chi connectivity index (χ2v) is 8.48. The Hall–Kier alpha value is -0.870. The Morgan fingerprint density at radius 2 is 1.90 bits per heavy atom. The van der Waals surface area contributed by atoms with E-state index in [0.29, 0.717) is 29.9 Å². The Kier molecular flexibility index (Phi) is 6.24. The van der Waals surface area contributed by atoms with Crippen LogP contribution in [0, 0.1) is 5.92 Å². The van der Waals surface area contributed by atoms with Gasteiger partial charge in [-0.05, 0) is 50.1 Å². The third kappa shape index (κ3) is 6.62. The molecule has 1 aromatic carbocycles. The molecule has 21 heavy (non-hydrogen) atoms. The largest absolute Gasteiger partial charge is 0.314 e. The molecule has 2 rings (SSSR count). The van der Waals surface area contributed by atoms with Crippen LogP contribution in [-0.2, 0) is 16.3 Å². The Morgan fingerprint density at radius 1 is 1.19 bits per heavy atom. The molecule has 1 unspecified atom stereocenters. The van der Waals surface area contributed by atoms with Gasteiger partial charge < -0.3 is 5.32 Å². The van der Waals surface area contributed by atoms with Gasteiger partial charge in [-0.2, -0.15) is 0 Å². The molecule has 4 heteroatoms. The van der Waals surface area contributed by atoms with Crippen molar-refractivity contribution >= 4 is 9.84 Å². The summed E-state index contributed by atoms with van der Waals surface area (Å²) in [4.78, 5) is 0. The first-order valence-electron chi connectivity index (χ1n) is 8.07. The van der Waals surface area contributed by atoms with Gasteiger partial charge in [0.05, 0.1) is 5.75 Å². The van der Waals surface area contributed by atoms with Crippen molar-refractivity contribution < 1.29 is 8.42 Å². The average molecular weight is 309 g/mol. The van der Waals surface area contributed by atoms with Crippen molar-refractivity contribution in [1.82, 2.24) is 5.32 Å². The number of nitrogens with one attached hydrogen (secondary N) is 1. The van der Waals surface area contributed by atoms with Crippen molar-refractivity contribution in [2.45, 2.75) is 45.1 Å². The zero-order chi connectivity index (χ0) is 15.1. The summed E-state index contributed by atoms with van der Waals surface area (Å²) in [6, 6.07) is 11.1. The molecule has 0 spiro atoms. The Morgan fingerprint density at radius 3 is 2.52 bits per heavy atom. The number of rotatable bonds is 10. The van der Waals surface area contributed by atoms with Crippen LogP contribution < -0.4 is 5.32 Å². The quantitative estimate of drug-likeness (QED) is 0.723. The fourth-order valence-electron chi connectivity index (χ4n) is 2.60. The van der Waals surface area contributed by atoms with E-state index in [1.54, 1.807) is 0 Å². The summed E-state index contributed by atoms with van der Waals surface area (Å²) >= 11 is 0. The minimum atomic E-state index is -2.87. The fourth-order valence-corrected chi connectivity index (χ4v) is 4.12. The van der Waals surface area contributed by atoms with Gasteiger partial charge in [0.15, 0.2) is 0 Å². The lowest BCUT2D eigenvalue weighted by Gasteiger charge is -2.18. The summed E-state index contributed by atoms with van der Waals surface area (Å²) < 4.78 is 23.8. The van der Waals surface area contributed by atoms with Crippen LogP contribution in [0.4, 0.5) is 0 Å². The topological polar surface area (TPSA) is 46.2 Å². The zero-order valence-electron chi connectivity index (χ0n) is 12.9. The highest BCUT2D eigenvalue weighted by Gasteiger charge is 2.23. The van der Waals surface area contributed by atoms with Gasteiger partial charge in [-0.25, -0.2) is 8.42 Å². The van der Waals surface area contributed by atoms with Gasteiger partial charge in [0.2, 0.25) is 0 Å². The number of benzene rings is 1. The molecule has 0 bridgehead atoms. The van der Waals surface area contributed by atoms with Crippen LogP contribution >= 0.6 is 0 Å². The van der Waals surface area contributed by atoms with E-state index < -0.39 is 9.84 Å². The van der Waals surface area contributed by atoms with Crippen LogP contribution in [0.25, 0.3) is 0 Å². The van der Waals surface area contributed by atoms with Crippen molar-refractivity contribution in [2.75, 3.05) is 18.1 Å². The predicted molar refractivity (Wildman–Crippen MR) is 88.2 cm³/mol. The van der Waals surface area contributed by atoms with E-state index >= 15 is 0 Å². The molecular weight excluding hydrogens is 282 g/mol. The maximum Gasteiger partial charge on any atom is 0.150 e. The molecular formula is C17H27NO2S. The molecule has 0 heterocycles. The summed E-state index contributed by atoms with van der Waals surface area (Å²) in [5.41, 5.74) is 1.30. The molecule has 1 saturated carbocycles. The lowest BCUT2D eigenvalue weighted by atomic mass is 9.97. The van der Waals surface area contributed by atoms with Crippen molar-refractivity contribution in [3.8, 4) is 0 Å². The van der Waals surface area contributed by atoms with Crippen molar-refractivity contribution in [1.29, 1.82) is 0 Å². The van der Waals surface area contributed by atoms with Crippen LogP contribution in [0.3, 0.4) is 0 Å². The van der Waals surface area contributed by atoms with Gasteiger partial charge in [-0.15, -0.1) is 0 Å². The van der Waals surface area contributed by atoms with E-state index in [2.05, 4.69) is 29.6 Å². The first-order valence-corrected chi connectivity index (χ1v) is 9.89. The zero-order valence-corrected chi connectivity index (χ0v) is 13.7. The predicted octanol–water partition coefficient (Wildman–Crippen LogP) is 2.81. The summed E-state index contributed by atoms with van der Waals surface area (Å²) in [5, 5.41) is 3.55. The lowest BCUT2D eigenvalue weighted by Crippen LogP contribution is -2.28. The molecule has 1 aromatic rings. The third-order valence-corrected chi connectivity index (χ3v) is 5.88. The maximum atomic E-state index is 11.9. The van der Waals surface area contributed by atoms with Gasteiger partial charge in [-0.1, -0.05) is 37.3 Å². The highest BCUT2D eigenvalue weighted by Crippen LogP contribution is 2.20. The fraction of sp³-hybridized carbons (Fsp3) is 0.647. The monoisotopic (exact) mass is 309 g/mol. The summed E-state index contributed by atoms with van der Waals surface area (Å²) in [6.45, 7) is 2.86. The second-order valence-electron chi connectivity index (χ2n) is 6.18. The highest BCUT2D eigenvalue weighted by atomic mass is 32.2. The minimum absolute atomic E-state index is 0.321. The third-order valence-electron chi connectivity index (χ3n) is 3.99. The molecule has 1 fully saturated rings. The molecule has 1 aliphatic rings. The van der Waals surface area contributed by atoms with E-state index in [-0.39, 0.29) is 0 Å². The number of hydrogen-bond donors (Lipinski definition) is 1. The smallest absolute Gasteiger partial charge is 0.150 e. The molecule has 0 saturated heterocycles. The first kappa shape index (κ1) is 16.5. The van der Waals surface area contributed by atoms with Gasteiger partial charge in [0.25, 0.3) is 0 Å². The normalized spacial score (nSPS) is 16.8. The summed E-state index contributed by atoms with van der Waals surface area (Å²) in [7, 11) is -2.87. The molecule has 0 aliphatic heterocycles. The average Bonchev–Trinajstić information content (AvgIpc) is 3.27. The van der Waals surface area contributed by atoms with Crippen molar-refractivity contribution in [3.05, 3.63) is 35.9 Å². The van der Waals surface area contributed by atoms with Gasteiger partial charge in [0.1, 0.15) is 9.84 Å². The molecule has 3 nitrogen and oxygen atoms in total. The van der Waals surface area contributed by atoms with Crippen molar-refractivity contribution in [3.63, 3.8) is 0 Å². The molecule has 0 aromatic heterocycles. The molecule has 1 aliphatic carbocycles. The highest BCUT2D eigenvalue weighted by molar-refractivity contribution is 7.91. The Balaban J connectivity index is 1.88. The number of sulfone groups is 1. The van der Waals surface area contributed by atoms with E-state index in [0.717, 1.165) is 19.4 Å². The Labute approximate surface area is 129 Å². The van der Waals surface area contributed by atoms with E-state index in [4.69, 9.17) is 0 Å². The van der Waals surface area contributed by atoms with Crippen LogP contribution in [0.15, 0.2) is 30.3 Å². The molecule has 0 radical (unpaired) electrons. The molecule has 1 atom stereocenters. The van der Waals surface area contributed by atoms with Crippen molar-refractivity contribution in [2.24, 2.45) is 5.92 Å². The molecule has 1 N–H and O–H groups in total. The van der Waals surface area contributed by atoms with E-state index in [1.807, 2.05) is 13.0 Å². The second kappa shape index (κ2) is 7.95. The summed E-state index contributed by atoms with van der Waals surface area (Å²) in [5.74, 6) is 1.05. The standard InChI is InChI=1S/C17H27NO2S/c1-2-11-21(19,20)12-10-16(14-18-17-8-9-17)13-15-6-4-3-5-7-15/h3-7,16-18H,2,8-14H2,1H3. The molecule has 0 amide bonds. The number of hydrogen-bond acceptors (Lipinski definition) is 3. The minimum Gasteiger partial charge on any atom is -0.314 e. The van der Waals surface area contributed by atoms with Gasteiger partial charge >= 0.3 is 0 Å². The van der Waals surface area contributed by atoms with E-state index in [9.17, 15) is 8.42 Å². The lowest BCUT2D eigenvalue weighted by molar-refractivity contribution is 0.456. The SMILES string of the molecule is CCCS(=O)(=O)CCC(CNC1CC1)Cc1ccccc1. The van der Waals surface area contributed by atoms with Gasteiger partial charge in [0, 0.05) is 11.8 Å². The summed E-state index contributed by atoms with van der Waals surface area (Å²) in [6.07, 6.45) is 4.98. The van der Waals surface area contributed by atoms with Crippen LogP contribution in [0.2, 0.25) is 0 Å².